The molecule has 3 rings (SSSR count). The minimum atomic E-state index is -3.58. The van der Waals surface area contributed by atoms with Crippen molar-refractivity contribution in [3.63, 3.8) is 0 Å². The molecule has 2 aromatic rings. The summed E-state index contributed by atoms with van der Waals surface area (Å²) in [5.74, 6) is 0.221. The highest BCUT2D eigenvalue weighted by Crippen LogP contribution is 2.35. The smallest absolute Gasteiger partial charge is 0.265 e. The van der Waals surface area contributed by atoms with Gasteiger partial charge in [-0.05, 0) is 31.9 Å². The van der Waals surface area contributed by atoms with Crippen molar-refractivity contribution in [1.29, 1.82) is 0 Å². The Bertz CT molecular complexity index is 960. The number of hydrogen-bond acceptors (Lipinski definition) is 6. The number of hydrogen-bond donors (Lipinski definition) is 0. The number of para-hydroxylation sites is 1. The number of anilines is 2. The molecule has 1 aromatic heterocycles. The largest absolute Gasteiger partial charge is 0.335 e. The minimum absolute atomic E-state index is 0.190. The van der Waals surface area contributed by atoms with Gasteiger partial charge < -0.3 is 4.90 Å². The van der Waals surface area contributed by atoms with Crippen LogP contribution in [0.15, 0.2) is 35.5 Å². The fraction of sp³-hybridized carbons (Fsp3) is 0.421. The van der Waals surface area contributed by atoms with Crippen molar-refractivity contribution in [1.82, 2.24) is 9.97 Å². The number of carbonyl (C=O) groups is 1. The summed E-state index contributed by atoms with van der Waals surface area (Å²) >= 11 is 0. The Balaban J connectivity index is 2.29. The molecule has 0 spiro atoms. The van der Waals surface area contributed by atoms with Gasteiger partial charge in [0, 0.05) is 18.5 Å². The van der Waals surface area contributed by atoms with Crippen molar-refractivity contribution >= 4 is 27.2 Å². The number of carbonyl (C=O) groups excluding carboxylic acids is 1. The van der Waals surface area contributed by atoms with Gasteiger partial charge in [0.1, 0.15) is 17.5 Å². The second-order valence-electron chi connectivity index (χ2n) is 6.46. The van der Waals surface area contributed by atoms with E-state index in [9.17, 15) is 13.2 Å². The Labute approximate surface area is 160 Å². The summed E-state index contributed by atoms with van der Waals surface area (Å²) in [4.78, 5) is 25.7. The third kappa shape index (κ3) is 3.29. The molecule has 2 heterocycles. The number of aryl methyl sites for hydroxylation is 1. The molecule has 0 aliphatic carbocycles. The molecule has 0 saturated carbocycles. The van der Waals surface area contributed by atoms with Gasteiger partial charge in [-0.1, -0.05) is 32.0 Å². The summed E-state index contributed by atoms with van der Waals surface area (Å²) in [5.41, 5.74) is 1.65. The maximum absolute atomic E-state index is 13.5. The van der Waals surface area contributed by atoms with E-state index in [-0.39, 0.29) is 17.2 Å². The molecule has 7 nitrogen and oxygen atoms in total. The van der Waals surface area contributed by atoms with E-state index in [0.717, 1.165) is 11.9 Å². The topological polar surface area (TPSA) is 83.5 Å². The van der Waals surface area contributed by atoms with Gasteiger partial charge in [-0.25, -0.2) is 13.4 Å². The first-order valence-electron chi connectivity index (χ1n) is 9.09. The average Bonchev–Trinajstić information content (AvgIpc) is 2.66. The van der Waals surface area contributed by atoms with Crippen molar-refractivity contribution in [2.75, 3.05) is 22.6 Å². The zero-order valence-electron chi connectivity index (χ0n) is 16.0. The van der Waals surface area contributed by atoms with E-state index in [1.54, 1.807) is 4.90 Å². The molecule has 1 aliphatic heterocycles. The van der Waals surface area contributed by atoms with E-state index in [1.807, 2.05) is 56.0 Å². The predicted octanol–water partition coefficient (Wildman–Crippen LogP) is 2.67. The van der Waals surface area contributed by atoms with Crippen LogP contribution in [0, 0.1) is 0 Å². The summed E-state index contributed by atoms with van der Waals surface area (Å²) < 4.78 is 24.1. The highest BCUT2D eigenvalue weighted by atomic mass is 32.2. The number of benzene rings is 1. The fourth-order valence-electron chi connectivity index (χ4n) is 3.50. The molecule has 0 saturated heterocycles. The van der Waals surface area contributed by atoms with E-state index >= 15 is 0 Å². The van der Waals surface area contributed by atoms with Crippen LogP contribution >= 0.6 is 0 Å². The Morgan fingerprint density at radius 3 is 2.26 bits per heavy atom. The fourth-order valence-corrected chi connectivity index (χ4v) is 4.03. The molecule has 0 radical (unpaired) electrons. The van der Waals surface area contributed by atoms with Gasteiger partial charge in [0.25, 0.3) is 5.91 Å². The van der Waals surface area contributed by atoms with E-state index in [4.69, 9.17) is 0 Å². The van der Waals surface area contributed by atoms with Crippen LogP contribution in [0.1, 0.15) is 43.2 Å². The molecule has 1 atom stereocenters. The van der Waals surface area contributed by atoms with Crippen LogP contribution in [0.3, 0.4) is 0 Å². The summed E-state index contributed by atoms with van der Waals surface area (Å²) in [6.45, 7) is 6.42. The van der Waals surface area contributed by atoms with Gasteiger partial charge in [-0.2, -0.15) is 4.98 Å². The first-order valence-corrected chi connectivity index (χ1v) is 11.0. The van der Waals surface area contributed by atoms with Crippen molar-refractivity contribution in [2.24, 2.45) is 0 Å². The van der Waals surface area contributed by atoms with Crippen molar-refractivity contribution < 1.29 is 13.2 Å². The van der Waals surface area contributed by atoms with Crippen LogP contribution in [-0.4, -0.2) is 43.3 Å². The molecule has 1 aliphatic rings. The van der Waals surface area contributed by atoms with Gasteiger partial charge in [-0.3, -0.25) is 9.69 Å². The summed E-state index contributed by atoms with van der Waals surface area (Å²) in [7, 11) is -3.58. The molecule has 0 bridgehead atoms. The summed E-state index contributed by atoms with van der Waals surface area (Å²) in [6.07, 6.45) is 1.95. The Morgan fingerprint density at radius 1 is 1.07 bits per heavy atom. The first kappa shape index (κ1) is 19.3. The number of rotatable bonds is 5. The zero-order valence-corrected chi connectivity index (χ0v) is 16.8. The Morgan fingerprint density at radius 2 is 1.74 bits per heavy atom. The average molecular weight is 388 g/mol. The highest BCUT2D eigenvalue weighted by Gasteiger charge is 2.40. The van der Waals surface area contributed by atoms with Gasteiger partial charge in [0.2, 0.25) is 15.0 Å². The van der Waals surface area contributed by atoms with E-state index in [1.165, 1.54) is 0 Å². The molecule has 1 amide bonds. The Kier molecular flexibility index (Phi) is 5.19. The zero-order chi connectivity index (χ0) is 19.8. The van der Waals surface area contributed by atoms with Gasteiger partial charge in [-0.15, -0.1) is 0 Å². The first-order chi connectivity index (χ1) is 12.8. The number of aromatic nitrogens is 2. The van der Waals surface area contributed by atoms with Crippen LogP contribution in [0.25, 0.3) is 0 Å². The predicted molar refractivity (Wildman–Crippen MR) is 105 cm³/mol. The second-order valence-corrected chi connectivity index (χ2v) is 8.37. The second kappa shape index (κ2) is 7.26. The monoisotopic (exact) mass is 388 g/mol. The van der Waals surface area contributed by atoms with Gasteiger partial charge in [0.15, 0.2) is 0 Å². The lowest BCUT2D eigenvalue weighted by molar-refractivity contribution is 0.0965. The van der Waals surface area contributed by atoms with E-state index in [0.29, 0.717) is 36.5 Å². The number of sulfone groups is 1. The molecular weight excluding hydrogens is 364 g/mol. The van der Waals surface area contributed by atoms with E-state index < -0.39 is 9.84 Å². The maximum Gasteiger partial charge on any atom is 0.265 e. The van der Waals surface area contributed by atoms with Crippen LogP contribution in [0.4, 0.5) is 11.5 Å². The lowest BCUT2D eigenvalue weighted by Crippen LogP contribution is -2.56. The van der Waals surface area contributed by atoms with Crippen molar-refractivity contribution in [2.45, 2.75) is 44.9 Å². The number of nitrogens with zero attached hydrogens (tertiary/aromatic N) is 4. The standard InChI is InChI=1S/C19H24N4O3S/c1-5-14-16-17(21-19(20-14)27(4,25)26)22(7-3)15(6-2)23(18(16)24)13-11-9-8-10-12-13/h8-12,15H,5-7H2,1-4H3. The molecule has 1 unspecified atom stereocenters. The van der Waals surface area contributed by atoms with Crippen molar-refractivity contribution in [3.8, 4) is 0 Å². The van der Waals surface area contributed by atoms with Gasteiger partial charge >= 0.3 is 0 Å². The minimum Gasteiger partial charge on any atom is -0.335 e. The normalized spacial score (nSPS) is 17.2. The van der Waals surface area contributed by atoms with E-state index in [2.05, 4.69) is 9.97 Å². The highest BCUT2D eigenvalue weighted by molar-refractivity contribution is 7.90. The molecule has 0 fully saturated rings. The number of fused-ring (bicyclic) bond motifs is 1. The quantitative estimate of drug-likeness (QED) is 0.732. The van der Waals surface area contributed by atoms with Gasteiger partial charge in [0.05, 0.1) is 5.69 Å². The third-order valence-electron chi connectivity index (χ3n) is 4.71. The van der Waals surface area contributed by atoms with Crippen LogP contribution in [0.2, 0.25) is 0 Å². The third-order valence-corrected chi connectivity index (χ3v) is 5.56. The maximum atomic E-state index is 13.5. The SMILES string of the molecule is CCc1nc(S(C)(=O)=O)nc2c1C(=O)N(c1ccccc1)C(CC)N2CC. The molecule has 144 valence electrons. The van der Waals surface area contributed by atoms with Crippen LogP contribution in [-0.2, 0) is 16.3 Å². The van der Waals surface area contributed by atoms with Crippen molar-refractivity contribution in [3.05, 3.63) is 41.6 Å². The molecular formula is C19H24N4O3S. The molecule has 8 heteroatoms. The lowest BCUT2D eigenvalue weighted by atomic mass is 10.0. The molecule has 0 N–H and O–H groups in total. The molecule has 27 heavy (non-hydrogen) atoms. The lowest BCUT2D eigenvalue weighted by Gasteiger charge is -2.44. The van der Waals surface area contributed by atoms with Crippen LogP contribution in [0.5, 0.6) is 0 Å². The Hall–Kier alpha value is -2.48. The van der Waals surface area contributed by atoms with Crippen LogP contribution < -0.4 is 9.80 Å². The summed E-state index contributed by atoms with van der Waals surface area (Å²) in [5, 5.41) is -0.229. The summed E-state index contributed by atoms with van der Waals surface area (Å²) in [6, 6.07) is 9.49. The molecule has 1 aromatic carbocycles. The number of amides is 1.